The van der Waals surface area contributed by atoms with E-state index in [0.29, 0.717) is 29.2 Å². The third-order valence-corrected chi connectivity index (χ3v) is 5.30. The van der Waals surface area contributed by atoms with Crippen LogP contribution in [0.25, 0.3) is 0 Å². The van der Waals surface area contributed by atoms with Gasteiger partial charge in [-0.05, 0) is 54.8 Å². The van der Waals surface area contributed by atoms with Gasteiger partial charge in [-0.15, -0.1) is 0 Å². The summed E-state index contributed by atoms with van der Waals surface area (Å²) >= 11 is 0. The van der Waals surface area contributed by atoms with Gasteiger partial charge in [-0.2, -0.15) is 0 Å². The Morgan fingerprint density at radius 2 is 1.54 bits per heavy atom. The fraction of sp³-hybridized carbons (Fsp3) is 0.278. The van der Waals surface area contributed by atoms with Gasteiger partial charge in [0.25, 0.3) is 0 Å². The van der Waals surface area contributed by atoms with Crippen molar-refractivity contribution in [3.05, 3.63) is 54.1 Å². The molecule has 0 bridgehead atoms. The second kappa shape index (κ2) is 7.97. The zero-order valence-electron chi connectivity index (χ0n) is 13.7. The van der Waals surface area contributed by atoms with Crippen LogP contribution in [0.1, 0.15) is 18.9 Å². The fourth-order valence-corrected chi connectivity index (χ4v) is 3.57. The Labute approximate surface area is 142 Å². The van der Waals surface area contributed by atoms with Crippen molar-refractivity contribution in [3.8, 4) is 11.5 Å². The Balaban J connectivity index is 1.91. The van der Waals surface area contributed by atoms with Gasteiger partial charge in [0.1, 0.15) is 11.5 Å². The van der Waals surface area contributed by atoms with Crippen molar-refractivity contribution in [1.29, 1.82) is 0 Å². The van der Waals surface area contributed by atoms with E-state index in [1.807, 2.05) is 12.1 Å². The van der Waals surface area contributed by atoms with Crippen LogP contribution in [0.2, 0.25) is 0 Å². The number of hydrogen-bond donors (Lipinski definition) is 0. The molecule has 0 aliphatic rings. The SMILES string of the molecule is COc1ccc(S(=O)(=O)CCCc2ccc(OC(C)=O)cc2)cc1. The van der Waals surface area contributed by atoms with Gasteiger partial charge >= 0.3 is 5.97 Å². The van der Waals surface area contributed by atoms with Crippen molar-refractivity contribution in [3.63, 3.8) is 0 Å². The third-order valence-electron chi connectivity index (χ3n) is 3.48. The predicted molar refractivity (Wildman–Crippen MR) is 91.1 cm³/mol. The highest BCUT2D eigenvalue weighted by molar-refractivity contribution is 7.91. The molecule has 0 N–H and O–H groups in total. The largest absolute Gasteiger partial charge is 0.497 e. The van der Waals surface area contributed by atoms with E-state index in [1.165, 1.54) is 14.0 Å². The summed E-state index contributed by atoms with van der Waals surface area (Å²) in [6, 6.07) is 13.5. The maximum absolute atomic E-state index is 12.3. The topological polar surface area (TPSA) is 69.7 Å². The summed E-state index contributed by atoms with van der Waals surface area (Å²) in [6.07, 6.45) is 1.15. The average Bonchev–Trinajstić information content (AvgIpc) is 2.56. The Morgan fingerprint density at radius 1 is 0.958 bits per heavy atom. The van der Waals surface area contributed by atoms with Gasteiger partial charge < -0.3 is 9.47 Å². The van der Waals surface area contributed by atoms with Crippen molar-refractivity contribution in [2.75, 3.05) is 12.9 Å². The highest BCUT2D eigenvalue weighted by atomic mass is 32.2. The molecule has 2 aromatic rings. The van der Waals surface area contributed by atoms with Gasteiger partial charge in [0, 0.05) is 6.92 Å². The molecule has 0 saturated carbocycles. The molecule has 0 saturated heterocycles. The van der Waals surface area contributed by atoms with Crippen LogP contribution in [-0.2, 0) is 21.1 Å². The van der Waals surface area contributed by atoms with Crippen molar-refractivity contribution in [1.82, 2.24) is 0 Å². The molecular formula is C18H20O5S. The lowest BCUT2D eigenvalue weighted by atomic mass is 10.1. The van der Waals surface area contributed by atoms with Crippen molar-refractivity contribution in [2.45, 2.75) is 24.7 Å². The summed E-state index contributed by atoms with van der Waals surface area (Å²) in [6.45, 7) is 1.35. The maximum Gasteiger partial charge on any atom is 0.308 e. The average molecular weight is 348 g/mol. The lowest BCUT2D eigenvalue weighted by Crippen LogP contribution is -2.08. The van der Waals surface area contributed by atoms with E-state index in [0.717, 1.165) is 5.56 Å². The molecule has 0 amide bonds. The number of carbonyl (C=O) groups is 1. The minimum absolute atomic E-state index is 0.0744. The van der Waals surface area contributed by atoms with E-state index in [9.17, 15) is 13.2 Å². The summed E-state index contributed by atoms with van der Waals surface area (Å²) in [7, 11) is -1.77. The highest BCUT2D eigenvalue weighted by Gasteiger charge is 2.14. The smallest absolute Gasteiger partial charge is 0.308 e. The van der Waals surface area contributed by atoms with E-state index in [-0.39, 0.29) is 11.7 Å². The van der Waals surface area contributed by atoms with Crippen LogP contribution >= 0.6 is 0 Å². The Hall–Kier alpha value is -2.34. The molecular weight excluding hydrogens is 328 g/mol. The summed E-state index contributed by atoms with van der Waals surface area (Å²) in [5.41, 5.74) is 0.996. The first-order valence-corrected chi connectivity index (χ1v) is 9.20. The zero-order chi connectivity index (χ0) is 17.6. The van der Waals surface area contributed by atoms with E-state index in [1.54, 1.807) is 36.4 Å². The van der Waals surface area contributed by atoms with E-state index in [4.69, 9.17) is 9.47 Å². The number of hydrogen-bond acceptors (Lipinski definition) is 5. The van der Waals surface area contributed by atoms with Gasteiger partial charge in [-0.1, -0.05) is 12.1 Å². The Morgan fingerprint density at radius 3 is 2.08 bits per heavy atom. The molecule has 0 radical (unpaired) electrons. The lowest BCUT2D eigenvalue weighted by Gasteiger charge is -2.07. The van der Waals surface area contributed by atoms with Crippen molar-refractivity contribution in [2.24, 2.45) is 0 Å². The molecule has 6 heteroatoms. The van der Waals surface area contributed by atoms with Crippen LogP contribution < -0.4 is 9.47 Å². The first-order chi connectivity index (χ1) is 11.4. The lowest BCUT2D eigenvalue weighted by molar-refractivity contribution is -0.131. The minimum atomic E-state index is -3.30. The molecule has 2 rings (SSSR count). The van der Waals surface area contributed by atoms with Crippen LogP contribution in [0.15, 0.2) is 53.4 Å². The number of sulfone groups is 1. The molecule has 128 valence electrons. The number of benzene rings is 2. The molecule has 0 unspecified atom stereocenters. The number of rotatable bonds is 7. The van der Waals surface area contributed by atoms with E-state index < -0.39 is 9.84 Å². The molecule has 0 spiro atoms. The van der Waals surface area contributed by atoms with Gasteiger partial charge in [0.05, 0.1) is 17.8 Å². The number of ether oxygens (including phenoxy) is 2. The Bertz CT molecular complexity index is 777. The first kappa shape index (κ1) is 18.0. The first-order valence-electron chi connectivity index (χ1n) is 7.55. The molecule has 0 fully saturated rings. The molecule has 0 heterocycles. The summed E-state index contributed by atoms with van der Waals surface area (Å²) in [5, 5.41) is 0. The normalized spacial score (nSPS) is 11.1. The number of carbonyl (C=O) groups excluding carboxylic acids is 1. The van der Waals surface area contributed by atoms with Crippen LogP contribution in [0.3, 0.4) is 0 Å². The Kier molecular flexibility index (Phi) is 5.98. The van der Waals surface area contributed by atoms with Crippen LogP contribution in [0, 0.1) is 0 Å². The van der Waals surface area contributed by atoms with E-state index in [2.05, 4.69) is 0 Å². The van der Waals surface area contributed by atoms with Crippen molar-refractivity contribution >= 4 is 15.8 Å². The third kappa shape index (κ3) is 5.09. The molecule has 0 atom stereocenters. The van der Waals surface area contributed by atoms with Gasteiger partial charge in [-0.3, -0.25) is 4.79 Å². The van der Waals surface area contributed by atoms with Gasteiger partial charge in [0.15, 0.2) is 9.84 Å². The van der Waals surface area contributed by atoms with Crippen LogP contribution in [0.4, 0.5) is 0 Å². The fourth-order valence-electron chi connectivity index (χ4n) is 2.26. The second-order valence-electron chi connectivity index (χ2n) is 5.34. The standard InChI is InChI=1S/C18H20O5S/c1-14(19)23-17-7-5-15(6-8-17)4-3-13-24(20,21)18-11-9-16(22-2)10-12-18/h5-12H,3-4,13H2,1-2H3. The molecule has 24 heavy (non-hydrogen) atoms. The summed E-state index contributed by atoms with van der Waals surface area (Å²) in [5.74, 6) is 0.817. The predicted octanol–water partition coefficient (Wildman–Crippen LogP) is 3.03. The molecule has 0 aromatic heterocycles. The van der Waals surface area contributed by atoms with Gasteiger partial charge in [-0.25, -0.2) is 8.42 Å². The monoisotopic (exact) mass is 348 g/mol. The summed E-state index contributed by atoms with van der Waals surface area (Å²) < 4.78 is 34.6. The second-order valence-corrected chi connectivity index (χ2v) is 7.44. The molecule has 0 aliphatic heterocycles. The highest BCUT2D eigenvalue weighted by Crippen LogP contribution is 2.18. The van der Waals surface area contributed by atoms with Crippen LogP contribution in [0.5, 0.6) is 11.5 Å². The van der Waals surface area contributed by atoms with Crippen molar-refractivity contribution < 1.29 is 22.7 Å². The number of esters is 1. The zero-order valence-corrected chi connectivity index (χ0v) is 14.5. The maximum atomic E-state index is 12.3. The quantitative estimate of drug-likeness (QED) is 0.568. The number of aryl methyl sites for hydroxylation is 1. The summed E-state index contributed by atoms with van der Waals surface area (Å²) in [4.78, 5) is 11.2. The minimum Gasteiger partial charge on any atom is -0.497 e. The molecule has 0 aliphatic carbocycles. The van der Waals surface area contributed by atoms with Crippen LogP contribution in [-0.4, -0.2) is 27.2 Å². The molecule has 5 nitrogen and oxygen atoms in total. The van der Waals surface area contributed by atoms with E-state index >= 15 is 0 Å². The number of methoxy groups -OCH3 is 1. The molecule has 2 aromatic carbocycles. The van der Waals surface area contributed by atoms with Gasteiger partial charge in [0.2, 0.25) is 0 Å².